The summed E-state index contributed by atoms with van der Waals surface area (Å²) in [5.74, 6) is 0.959. The summed E-state index contributed by atoms with van der Waals surface area (Å²) in [5, 5.41) is 12.8. The van der Waals surface area contributed by atoms with Crippen LogP contribution in [0.1, 0.15) is 41.8 Å². The van der Waals surface area contributed by atoms with Crippen LogP contribution in [0.4, 0.5) is 10.6 Å². The minimum Gasteiger partial charge on any atom is -0.507 e. The fourth-order valence-electron chi connectivity index (χ4n) is 2.90. The van der Waals surface area contributed by atoms with Crippen molar-refractivity contribution >= 4 is 17.6 Å². The topological polar surface area (TPSA) is 91.8 Å². The predicted octanol–water partition coefficient (Wildman–Crippen LogP) is 3.42. The van der Waals surface area contributed by atoms with Crippen LogP contribution in [0.2, 0.25) is 0 Å². The van der Waals surface area contributed by atoms with Crippen molar-refractivity contribution in [2.75, 3.05) is 19.0 Å². The van der Waals surface area contributed by atoms with E-state index in [1.54, 1.807) is 17.0 Å². The molecule has 2 heterocycles. The first-order valence-corrected chi connectivity index (χ1v) is 8.85. The molecule has 1 aliphatic rings. The van der Waals surface area contributed by atoms with E-state index in [1.165, 1.54) is 25.4 Å². The molecule has 0 spiro atoms. The van der Waals surface area contributed by atoms with Crippen molar-refractivity contribution in [2.24, 2.45) is 5.92 Å². The number of fused-ring (bicyclic) bond motifs is 1. The van der Waals surface area contributed by atoms with Crippen molar-refractivity contribution in [2.45, 2.75) is 26.8 Å². The number of benzene rings is 1. The lowest BCUT2D eigenvalue weighted by molar-refractivity contribution is 0.103. The Hall–Kier alpha value is -3.09. The van der Waals surface area contributed by atoms with Gasteiger partial charge in [-0.25, -0.2) is 9.78 Å². The predicted molar refractivity (Wildman–Crippen MR) is 101 cm³/mol. The fourth-order valence-corrected chi connectivity index (χ4v) is 2.90. The first-order valence-electron chi connectivity index (χ1n) is 8.85. The number of methoxy groups -OCH3 is 1. The fraction of sp³-hybridized carbons (Fsp3) is 0.350. The number of amides is 2. The number of aromatic hydroxyl groups is 1. The number of ketones is 1. The van der Waals surface area contributed by atoms with Crippen LogP contribution >= 0.6 is 0 Å². The molecule has 3 rings (SSSR count). The highest BCUT2D eigenvalue weighted by atomic mass is 16.5. The highest BCUT2D eigenvalue weighted by molar-refractivity contribution is 6.11. The molecule has 2 amide bonds. The minimum absolute atomic E-state index is 0.120. The molecule has 0 aliphatic carbocycles. The van der Waals surface area contributed by atoms with Gasteiger partial charge in [0.2, 0.25) is 0 Å². The number of carbonyl (C=O) groups excluding carboxylic acids is 2. The Bertz CT molecular complexity index is 880. The molecule has 7 heteroatoms. The van der Waals surface area contributed by atoms with E-state index in [0.29, 0.717) is 36.1 Å². The highest BCUT2D eigenvalue weighted by Crippen LogP contribution is 2.28. The smallest absolute Gasteiger partial charge is 0.323 e. The molecule has 0 saturated heterocycles. The first-order chi connectivity index (χ1) is 12.9. The molecule has 142 valence electrons. The summed E-state index contributed by atoms with van der Waals surface area (Å²) < 4.78 is 5.13. The van der Waals surface area contributed by atoms with Gasteiger partial charge in [0.25, 0.3) is 0 Å². The SMILES string of the molecule is COc1ccc(O)c(C(=O)c2cnc3c(c2)CN(CCC(C)C)C(=O)N3)c1. The number of carbonyl (C=O) groups is 2. The Morgan fingerprint density at radius 2 is 2.15 bits per heavy atom. The van der Waals surface area contributed by atoms with Gasteiger partial charge in [-0.3, -0.25) is 10.1 Å². The van der Waals surface area contributed by atoms with Crippen LogP contribution in [-0.4, -0.2) is 40.5 Å². The Kier molecular flexibility index (Phi) is 5.30. The van der Waals surface area contributed by atoms with Crippen molar-refractivity contribution < 1.29 is 19.4 Å². The second-order valence-corrected chi connectivity index (χ2v) is 6.98. The molecule has 0 saturated carbocycles. The Balaban J connectivity index is 1.87. The van der Waals surface area contributed by atoms with Crippen LogP contribution < -0.4 is 10.1 Å². The third-order valence-electron chi connectivity index (χ3n) is 4.53. The molecule has 2 N–H and O–H groups in total. The molecule has 0 atom stereocenters. The highest BCUT2D eigenvalue weighted by Gasteiger charge is 2.25. The van der Waals surface area contributed by atoms with Crippen molar-refractivity contribution in [3.8, 4) is 11.5 Å². The number of phenols is 1. The van der Waals surface area contributed by atoms with Gasteiger partial charge in [-0.05, 0) is 36.6 Å². The van der Waals surface area contributed by atoms with Crippen LogP contribution in [0.3, 0.4) is 0 Å². The zero-order valence-corrected chi connectivity index (χ0v) is 15.7. The lowest BCUT2D eigenvalue weighted by Gasteiger charge is -2.29. The van der Waals surface area contributed by atoms with Gasteiger partial charge in [0, 0.05) is 23.9 Å². The number of ether oxygens (including phenoxy) is 1. The molecule has 0 bridgehead atoms. The molecule has 1 aromatic carbocycles. The maximum atomic E-state index is 12.8. The largest absolute Gasteiger partial charge is 0.507 e. The van der Waals surface area contributed by atoms with E-state index in [1.807, 2.05) is 0 Å². The van der Waals surface area contributed by atoms with E-state index in [4.69, 9.17) is 4.74 Å². The second kappa shape index (κ2) is 7.65. The van der Waals surface area contributed by atoms with E-state index >= 15 is 0 Å². The number of aromatic nitrogens is 1. The van der Waals surface area contributed by atoms with Gasteiger partial charge in [-0.15, -0.1) is 0 Å². The minimum atomic E-state index is -0.354. The summed E-state index contributed by atoms with van der Waals surface area (Å²) in [6.07, 6.45) is 2.30. The van der Waals surface area contributed by atoms with E-state index in [-0.39, 0.29) is 23.1 Å². The van der Waals surface area contributed by atoms with Crippen LogP contribution in [-0.2, 0) is 6.54 Å². The number of hydrogen-bond acceptors (Lipinski definition) is 5. The third-order valence-corrected chi connectivity index (χ3v) is 4.53. The molecular weight excluding hydrogens is 346 g/mol. The molecule has 2 aromatic rings. The van der Waals surface area contributed by atoms with E-state index in [2.05, 4.69) is 24.1 Å². The summed E-state index contributed by atoms with van der Waals surface area (Å²) in [7, 11) is 1.50. The standard InChI is InChI=1S/C20H23N3O4/c1-12(2)6-7-23-11-14-8-13(10-21-19(14)22-20(23)26)18(25)16-9-15(27-3)4-5-17(16)24/h4-5,8-10,12,24H,6-7,11H2,1-3H3,(H,21,22,26). The van der Waals surface area contributed by atoms with Gasteiger partial charge in [0.1, 0.15) is 17.3 Å². The molecule has 0 fully saturated rings. The molecule has 27 heavy (non-hydrogen) atoms. The number of nitrogens with zero attached hydrogens (tertiary/aromatic N) is 2. The number of nitrogens with one attached hydrogen (secondary N) is 1. The van der Waals surface area contributed by atoms with Gasteiger partial charge >= 0.3 is 6.03 Å². The Labute approximate surface area is 158 Å². The van der Waals surface area contributed by atoms with Crippen molar-refractivity contribution in [3.05, 3.63) is 47.2 Å². The van der Waals surface area contributed by atoms with Crippen LogP contribution in [0, 0.1) is 5.92 Å². The normalized spacial score (nSPS) is 13.3. The summed E-state index contributed by atoms with van der Waals surface area (Å²) in [4.78, 5) is 30.9. The zero-order chi connectivity index (χ0) is 19.6. The first kappa shape index (κ1) is 18.7. The molecular formula is C20H23N3O4. The number of phenolic OH excluding ortho intramolecular Hbond substituents is 1. The van der Waals surface area contributed by atoms with Crippen LogP contribution in [0.5, 0.6) is 11.5 Å². The average molecular weight is 369 g/mol. The lowest BCUT2D eigenvalue weighted by atomic mass is 10.0. The molecule has 7 nitrogen and oxygen atoms in total. The molecule has 1 aliphatic heterocycles. The summed E-state index contributed by atoms with van der Waals surface area (Å²) in [5.41, 5.74) is 1.26. The third kappa shape index (κ3) is 4.02. The van der Waals surface area contributed by atoms with Crippen LogP contribution in [0.15, 0.2) is 30.5 Å². The van der Waals surface area contributed by atoms with E-state index < -0.39 is 0 Å². The number of anilines is 1. The molecule has 1 aromatic heterocycles. The monoisotopic (exact) mass is 369 g/mol. The van der Waals surface area contributed by atoms with Crippen LogP contribution in [0.25, 0.3) is 0 Å². The molecule has 0 radical (unpaired) electrons. The van der Waals surface area contributed by atoms with Gasteiger partial charge in [0.05, 0.1) is 19.2 Å². The maximum Gasteiger partial charge on any atom is 0.323 e. The van der Waals surface area contributed by atoms with Crippen molar-refractivity contribution in [1.29, 1.82) is 0 Å². The van der Waals surface area contributed by atoms with Gasteiger partial charge in [-0.1, -0.05) is 13.8 Å². The number of hydrogen-bond donors (Lipinski definition) is 2. The molecule has 0 unspecified atom stereocenters. The summed E-state index contributed by atoms with van der Waals surface area (Å²) in [6, 6.07) is 6.03. The average Bonchev–Trinajstić information content (AvgIpc) is 2.65. The summed E-state index contributed by atoms with van der Waals surface area (Å²) in [6.45, 7) is 5.24. The zero-order valence-electron chi connectivity index (χ0n) is 15.7. The van der Waals surface area contributed by atoms with E-state index in [0.717, 1.165) is 12.0 Å². The van der Waals surface area contributed by atoms with Crippen molar-refractivity contribution in [1.82, 2.24) is 9.88 Å². The van der Waals surface area contributed by atoms with E-state index in [9.17, 15) is 14.7 Å². The van der Waals surface area contributed by atoms with Gasteiger partial charge < -0.3 is 14.7 Å². The quantitative estimate of drug-likeness (QED) is 0.761. The Morgan fingerprint density at radius 3 is 2.85 bits per heavy atom. The second-order valence-electron chi connectivity index (χ2n) is 6.98. The van der Waals surface area contributed by atoms with Gasteiger partial charge in [-0.2, -0.15) is 0 Å². The van der Waals surface area contributed by atoms with Gasteiger partial charge in [0.15, 0.2) is 5.78 Å². The Morgan fingerprint density at radius 1 is 1.37 bits per heavy atom. The summed E-state index contributed by atoms with van der Waals surface area (Å²) >= 11 is 0. The lowest BCUT2D eigenvalue weighted by Crippen LogP contribution is -2.40. The van der Waals surface area contributed by atoms with Crippen molar-refractivity contribution in [3.63, 3.8) is 0 Å². The number of rotatable bonds is 6. The number of pyridine rings is 1. The number of urea groups is 1. The maximum absolute atomic E-state index is 12.8.